The normalized spacial score (nSPS) is 10.5. The highest BCUT2D eigenvalue weighted by Gasteiger charge is 2.11. The van der Waals surface area contributed by atoms with E-state index in [2.05, 4.69) is 22.5 Å². The van der Waals surface area contributed by atoms with Crippen molar-refractivity contribution in [3.8, 4) is 5.75 Å². The summed E-state index contributed by atoms with van der Waals surface area (Å²) in [4.78, 5) is 36.0. The van der Waals surface area contributed by atoms with Gasteiger partial charge in [-0.1, -0.05) is 64.7 Å². The Kier molecular flexibility index (Phi) is 13.0. The molecule has 0 heterocycles. The van der Waals surface area contributed by atoms with Crippen molar-refractivity contribution in [2.45, 2.75) is 71.1 Å². The number of ether oxygens (including phenoxy) is 2. The van der Waals surface area contributed by atoms with Crippen LogP contribution in [-0.4, -0.2) is 31.5 Å². The molecule has 0 aromatic heterocycles. The highest BCUT2D eigenvalue weighted by atomic mass is 16.5. The Bertz CT molecular complexity index is 910. The fourth-order valence-corrected chi connectivity index (χ4v) is 3.62. The maximum absolute atomic E-state index is 12.3. The monoisotopic (exact) mass is 482 g/mol. The van der Waals surface area contributed by atoms with Crippen molar-refractivity contribution in [3.05, 3.63) is 65.2 Å². The molecule has 0 atom stereocenters. The highest BCUT2D eigenvalue weighted by molar-refractivity contribution is 5.99. The van der Waals surface area contributed by atoms with E-state index in [1.807, 2.05) is 0 Å². The molecule has 0 aliphatic carbocycles. The second kappa shape index (κ2) is 16.3. The number of esters is 1. The van der Waals surface area contributed by atoms with Gasteiger partial charge in [0, 0.05) is 11.1 Å². The third kappa shape index (κ3) is 10.6. The zero-order chi connectivity index (χ0) is 25.3. The molecule has 0 saturated carbocycles. The summed E-state index contributed by atoms with van der Waals surface area (Å²) in [5.74, 6) is -0.703. The van der Waals surface area contributed by atoms with E-state index in [9.17, 15) is 14.4 Å². The van der Waals surface area contributed by atoms with Crippen LogP contribution in [0, 0.1) is 0 Å². The van der Waals surface area contributed by atoms with E-state index in [0.29, 0.717) is 29.0 Å². The van der Waals surface area contributed by atoms with E-state index in [1.165, 1.54) is 89.2 Å². The van der Waals surface area contributed by atoms with Crippen molar-refractivity contribution < 1.29 is 23.9 Å². The maximum atomic E-state index is 12.3. The molecule has 7 heteroatoms. The van der Waals surface area contributed by atoms with Gasteiger partial charge in [0.25, 0.3) is 11.8 Å². The Balaban J connectivity index is 1.62. The van der Waals surface area contributed by atoms with E-state index in [4.69, 9.17) is 4.74 Å². The van der Waals surface area contributed by atoms with Crippen molar-refractivity contribution in [2.24, 2.45) is 0 Å². The molecule has 2 rings (SSSR count). The number of hydrogen-bond acceptors (Lipinski definition) is 5. The zero-order valence-corrected chi connectivity index (χ0v) is 20.9. The molecule has 2 N–H and O–H groups in total. The summed E-state index contributed by atoms with van der Waals surface area (Å²) in [5, 5.41) is 0. The first-order valence-corrected chi connectivity index (χ1v) is 12.6. The van der Waals surface area contributed by atoms with Gasteiger partial charge < -0.3 is 9.47 Å². The van der Waals surface area contributed by atoms with Crippen molar-refractivity contribution >= 4 is 17.8 Å². The van der Waals surface area contributed by atoms with Crippen LogP contribution in [-0.2, 0) is 4.74 Å². The van der Waals surface area contributed by atoms with Crippen LogP contribution in [0.5, 0.6) is 5.75 Å². The predicted molar refractivity (Wildman–Crippen MR) is 136 cm³/mol. The van der Waals surface area contributed by atoms with Crippen LogP contribution in [0.3, 0.4) is 0 Å². The Morgan fingerprint density at radius 2 is 1.06 bits per heavy atom. The van der Waals surface area contributed by atoms with E-state index >= 15 is 0 Å². The number of benzene rings is 2. The van der Waals surface area contributed by atoms with Gasteiger partial charge >= 0.3 is 5.97 Å². The van der Waals surface area contributed by atoms with Crippen LogP contribution in [0.25, 0.3) is 0 Å². The van der Waals surface area contributed by atoms with E-state index in [-0.39, 0.29) is 0 Å². The number of hydrazine groups is 1. The minimum Gasteiger partial charge on any atom is -0.494 e. The van der Waals surface area contributed by atoms with Crippen molar-refractivity contribution in [1.29, 1.82) is 0 Å². The van der Waals surface area contributed by atoms with Gasteiger partial charge in [-0.25, -0.2) is 4.79 Å². The molecule has 0 aliphatic heterocycles. The third-order valence-corrected chi connectivity index (χ3v) is 5.74. The summed E-state index contributed by atoms with van der Waals surface area (Å²) in [7, 11) is 1.29. The molecule has 2 amide bonds. The molecule has 35 heavy (non-hydrogen) atoms. The molecule has 0 spiro atoms. The van der Waals surface area contributed by atoms with Crippen molar-refractivity contribution in [1.82, 2.24) is 10.9 Å². The molecular formula is C28H38N2O5. The number of carbonyl (C=O) groups excluding carboxylic acids is 3. The number of carbonyl (C=O) groups is 3. The number of amides is 2. The summed E-state index contributed by atoms with van der Waals surface area (Å²) in [6.07, 6.45) is 12.8. The molecule has 7 nitrogen and oxygen atoms in total. The van der Waals surface area contributed by atoms with Gasteiger partial charge in [0.15, 0.2) is 0 Å². The second-order valence-corrected chi connectivity index (χ2v) is 8.53. The Morgan fingerprint density at radius 3 is 1.54 bits per heavy atom. The summed E-state index contributed by atoms with van der Waals surface area (Å²) >= 11 is 0. The lowest BCUT2D eigenvalue weighted by atomic mass is 10.1. The molecular weight excluding hydrogens is 444 g/mol. The van der Waals surface area contributed by atoms with Gasteiger partial charge in [-0.2, -0.15) is 0 Å². The Hall–Kier alpha value is -3.35. The first kappa shape index (κ1) is 27.9. The zero-order valence-electron chi connectivity index (χ0n) is 20.9. The van der Waals surface area contributed by atoms with Gasteiger partial charge in [-0.15, -0.1) is 0 Å². The number of unbranched alkanes of at least 4 members (excludes halogenated alkanes) is 9. The number of methoxy groups -OCH3 is 1. The van der Waals surface area contributed by atoms with Crippen molar-refractivity contribution in [2.75, 3.05) is 13.7 Å². The largest absolute Gasteiger partial charge is 0.494 e. The number of rotatable bonds is 15. The lowest BCUT2D eigenvalue weighted by Crippen LogP contribution is -2.41. The van der Waals surface area contributed by atoms with Crippen LogP contribution in [0.15, 0.2) is 48.5 Å². The van der Waals surface area contributed by atoms with Gasteiger partial charge in [0.05, 0.1) is 19.3 Å². The topological polar surface area (TPSA) is 93.7 Å². The quantitative estimate of drug-likeness (QED) is 0.189. The Morgan fingerprint density at radius 1 is 0.629 bits per heavy atom. The lowest BCUT2D eigenvalue weighted by molar-refractivity contribution is 0.0600. The first-order valence-electron chi connectivity index (χ1n) is 12.6. The number of hydrogen-bond donors (Lipinski definition) is 2. The fraction of sp³-hybridized carbons (Fsp3) is 0.464. The van der Waals surface area contributed by atoms with E-state index in [0.717, 1.165) is 6.42 Å². The van der Waals surface area contributed by atoms with Crippen LogP contribution >= 0.6 is 0 Å². The predicted octanol–water partition coefficient (Wildman–Crippen LogP) is 5.85. The van der Waals surface area contributed by atoms with Gasteiger partial charge in [-0.05, 0) is 55.0 Å². The SMILES string of the molecule is CCCCCCCCCCCCOc1ccc(C(=O)NNC(=O)c2ccc(C(=O)OC)cc2)cc1. The summed E-state index contributed by atoms with van der Waals surface area (Å²) in [6.45, 7) is 2.90. The molecule has 0 unspecified atom stereocenters. The molecule has 0 bridgehead atoms. The van der Waals surface area contributed by atoms with Gasteiger partial charge in [0.2, 0.25) is 0 Å². The summed E-state index contributed by atoms with van der Waals surface area (Å²) < 4.78 is 10.4. The maximum Gasteiger partial charge on any atom is 0.337 e. The second-order valence-electron chi connectivity index (χ2n) is 8.53. The molecule has 0 fully saturated rings. The van der Waals surface area contributed by atoms with Crippen LogP contribution < -0.4 is 15.6 Å². The molecule has 2 aromatic rings. The van der Waals surface area contributed by atoms with Crippen molar-refractivity contribution in [3.63, 3.8) is 0 Å². The minimum absolute atomic E-state index is 0.300. The standard InChI is InChI=1S/C28H38N2O5/c1-3-4-5-6-7-8-9-10-11-12-21-35-25-19-17-23(18-20-25)27(32)30-29-26(31)22-13-15-24(16-14-22)28(33)34-2/h13-20H,3-12,21H2,1-2H3,(H,29,31)(H,30,32). The molecule has 190 valence electrons. The first-order chi connectivity index (χ1) is 17.0. The molecule has 2 aromatic carbocycles. The van der Waals surface area contributed by atoms with Gasteiger partial charge in [-0.3, -0.25) is 20.4 Å². The lowest BCUT2D eigenvalue weighted by Gasteiger charge is -2.09. The van der Waals surface area contributed by atoms with E-state index < -0.39 is 17.8 Å². The Labute approximate surface area is 208 Å². The smallest absolute Gasteiger partial charge is 0.337 e. The minimum atomic E-state index is -0.494. The summed E-state index contributed by atoms with van der Waals surface area (Å²) in [5.41, 5.74) is 5.79. The molecule has 0 saturated heterocycles. The highest BCUT2D eigenvalue weighted by Crippen LogP contribution is 2.14. The van der Waals surface area contributed by atoms with Crippen LogP contribution in [0.4, 0.5) is 0 Å². The summed E-state index contributed by atoms with van der Waals surface area (Å²) in [6, 6.07) is 12.7. The molecule has 0 aliphatic rings. The third-order valence-electron chi connectivity index (χ3n) is 5.74. The average molecular weight is 483 g/mol. The molecule has 0 radical (unpaired) electrons. The van der Waals surface area contributed by atoms with E-state index in [1.54, 1.807) is 24.3 Å². The number of nitrogens with one attached hydrogen (secondary N) is 2. The van der Waals surface area contributed by atoms with Crippen LogP contribution in [0.1, 0.15) is 102 Å². The van der Waals surface area contributed by atoms with Crippen LogP contribution in [0.2, 0.25) is 0 Å². The average Bonchev–Trinajstić information content (AvgIpc) is 2.90. The van der Waals surface area contributed by atoms with Gasteiger partial charge in [0.1, 0.15) is 5.75 Å². The fourth-order valence-electron chi connectivity index (χ4n) is 3.62.